The summed E-state index contributed by atoms with van der Waals surface area (Å²) in [5.74, 6) is 1.80. The SMILES string of the molecule is C1=C(N(c2ccc3c(c2)C2(c4ccccc4Oc4ccccc42)c2ccccc2-3)c2ccccc2-c2ccccc2)CCC2=C1Sc1ccccc1C21c2ccccc2-c2ccccc21. The molecule has 14 rings (SSSR count). The van der Waals surface area contributed by atoms with Crippen LogP contribution in [0.5, 0.6) is 11.5 Å². The van der Waals surface area contributed by atoms with Gasteiger partial charge in [0.25, 0.3) is 0 Å². The van der Waals surface area contributed by atoms with E-state index in [1.165, 1.54) is 99.1 Å². The van der Waals surface area contributed by atoms with Crippen molar-refractivity contribution in [1.82, 2.24) is 0 Å². The van der Waals surface area contributed by atoms with Crippen LogP contribution in [-0.4, -0.2) is 0 Å². The lowest BCUT2D eigenvalue weighted by molar-refractivity contribution is 0.436. The number of anilines is 2. The van der Waals surface area contributed by atoms with Crippen LogP contribution in [0, 0.1) is 0 Å². The molecular weight excluding hydrogens is 807 g/mol. The molecule has 0 unspecified atom stereocenters. The largest absolute Gasteiger partial charge is 0.457 e. The number of thioether (sulfide) groups is 1. The third-order valence-corrected chi connectivity index (χ3v) is 15.9. The average Bonchev–Trinajstić information content (AvgIpc) is 3.82. The molecule has 0 radical (unpaired) electrons. The fourth-order valence-electron chi connectivity index (χ4n) is 12.3. The zero-order chi connectivity index (χ0) is 42.7. The number of allylic oxidation sites excluding steroid dienone is 3. The van der Waals surface area contributed by atoms with Gasteiger partial charge < -0.3 is 9.64 Å². The zero-order valence-electron chi connectivity index (χ0n) is 35.5. The lowest BCUT2D eigenvalue weighted by Gasteiger charge is -2.44. The lowest BCUT2D eigenvalue weighted by Crippen LogP contribution is -2.34. The van der Waals surface area contributed by atoms with E-state index in [4.69, 9.17) is 4.74 Å². The second kappa shape index (κ2) is 14.0. The fourth-order valence-corrected chi connectivity index (χ4v) is 13.6. The van der Waals surface area contributed by atoms with Gasteiger partial charge in [0.15, 0.2) is 0 Å². The predicted octanol–water partition coefficient (Wildman–Crippen LogP) is 16.0. The van der Waals surface area contributed by atoms with Crippen molar-refractivity contribution in [2.75, 3.05) is 4.90 Å². The van der Waals surface area contributed by atoms with Crippen LogP contribution in [0.25, 0.3) is 33.4 Å². The van der Waals surface area contributed by atoms with Crippen LogP contribution in [0.2, 0.25) is 0 Å². The molecule has 0 fully saturated rings. The molecule has 0 aromatic heterocycles. The van der Waals surface area contributed by atoms with Crippen LogP contribution in [-0.2, 0) is 10.8 Å². The van der Waals surface area contributed by atoms with E-state index < -0.39 is 5.41 Å². The number of benzene rings is 9. The summed E-state index contributed by atoms with van der Waals surface area (Å²) >= 11 is 1.94. The Hall–Kier alpha value is -7.59. The van der Waals surface area contributed by atoms with Gasteiger partial charge in [-0.25, -0.2) is 0 Å². The summed E-state index contributed by atoms with van der Waals surface area (Å²) in [5, 5.41) is 0. The van der Waals surface area contributed by atoms with Crippen LogP contribution in [0.3, 0.4) is 0 Å². The minimum atomic E-state index is -0.576. The Morgan fingerprint density at radius 1 is 0.400 bits per heavy atom. The summed E-state index contributed by atoms with van der Waals surface area (Å²) in [6.07, 6.45) is 4.34. The van der Waals surface area contributed by atoms with Crippen molar-refractivity contribution >= 4 is 23.1 Å². The summed E-state index contributed by atoms with van der Waals surface area (Å²) in [5.41, 5.74) is 20.8. The highest BCUT2D eigenvalue weighted by Crippen LogP contribution is 2.65. The molecule has 2 nitrogen and oxygen atoms in total. The minimum Gasteiger partial charge on any atom is -0.457 e. The predicted molar refractivity (Wildman–Crippen MR) is 266 cm³/mol. The molecule has 306 valence electrons. The smallest absolute Gasteiger partial charge is 0.132 e. The van der Waals surface area contributed by atoms with Gasteiger partial charge in [-0.15, -0.1) is 0 Å². The van der Waals surface area contributed by atoms with E-state index in [-0.39, 0.29) is 5.41 Å². The van der Waals surface area contributed by atoms with Crippen molar-refractivity contribution in [2.45, 2.75) is 28.6 Å². The molecule has 0 atom stereocenters. The quantitative estimate of drug-likeness (QED) is 0.175. The topological polar surface area (TPSA) is 12.5 Å². The maximum atomic E-state index is 6.73. The second-order valence-corrected chi connectivity index (χ2v) is 18.8. The standard InChI is InChI=1S/C62H41NOS/c1-2-18-40(19-3-1)43-20-7-14-30-56(43)63(41-34-36-47-46-23-6-10-26-50(46)62(55(47)38-41)51-27-11-15-31-57(51)64-58-32-16-12-28-52(58)62)42-35-37-54-60(39-42)65-59-33-17-13-29-53(59)61(54)48-24-8-4-21-44(48)45-22-5-9-25-49(45)61/h1-34,36,38-39H,35,37H2. The van der Waals surface area contributed by atoms with Gasteiger partial charge in [-0.05, 0) is 117 Å². The monoisotopic (exact) mass is 847 g/mol. The number of nitrogens with zero attached hydrogens (tertiary/aromatic N) is 1. The van der Waals surface area contributed by atoms with Crippen molar-refractivity contribution in [1.29, 1.82) is 0 Å². The molecular formula is C62H41NOS. The van der Waals surface area contributed by atoms with Gasteiger partial charge in [0.1, 0.15) is 11.5 Å². The van der Waals surface area contributed by atoms with Gasteiger partial charge in [-0.3, -0.25) is 0 Å². The Kier molecular flexibility index (Phi) is 7.91. The Morgan fingerprint density at radius 3 is 1.57 bits per heavy atom. The van der Waals surface area contributed by atoms with Crippen molar-refractivity contribution < 1.29 is 4.74 Å². The number of fused-ring (bicyclic) bond motifs is 17. The van der Waals surface area contributed by atoms with Crippen LogP contribution < -0.4 is 9.64 Å². The molecule has 65 heavy (non-hydrogen) atoms. The molecule has 0 amide bonds. The number of ether oxygens (including phenoxy) is 1. The summed E-state index contributed by atoms with van der Waals surface area (Å²) in [7, 11) is 0. The lowest BCUT2D eigenvalue weighted by atomic mass is 9.65. The molecule has 2 aliphatic heterocycles. The van der Waals surface area contributed by atoms with Crippen LogP contribution >= 0.6 is 11.8 Å². The highest BCUT2D eigenvalue weighted by atomic mass is 32.2. The Morgan fingerprint density at radius 2 is 0.908 bits per heavy atom. The third kappa shape index (κ3) is 4.96. The van der Waals surface area contributed by atoms with Crippen LogP contribution in [0.15, 0.2) is 246 Å². The van der Waals surface area contributed by atoms with E-state index in [0.717, 1.165) is 30.0 Å². The molecule has 3 heteroatoms. The van der Waals surface area contributed by atoms with E-state index >= 15 is 0 Å². The van der Waals surface area contributed by atoms with Crippen LogP contribution in [0.1, 0.15) is 51.8 Å². The van der Waals surface area contributed by atoms with E-state index in [0.29, 0.717) is 0 Å². The molecule has 0 saturated carbocycles. The van der Waals surface area contributed by atoms with Gasteiger partial charge in [0.05, 0.1) is 16.5 Å². The van der Waals surface area contributed by atoms with E-state index in [1.807, 2.05) is 11.8 Å². The molecule has 2 spiro atoms. The molecule has 0 saturated heterocycles. The first-order valence-electron chi connectivity index (χ1n) is 22.7. The maximum Gasteiger partial charge on any atom is 0.132 e. The Balaban J connectivity index is 1.04. The van der Waals surface area contributed by atoms with E-state index in [9.17, 15) is 0 Å². The molecule has 0 bridgehead atoms. The normalized spacial score (nSPS) is 15.9. The van der Waals surface area contributed by atoms with E-state index in [2.05, 4.69) is 229 Å². The Labute approximate surface area is 383 Å². The first kappa shape index (κ1) is 36.8. The van der Waals surface area contributed by atoms with Gasteiger partial charge in [0.2, 0.25) is 0 Å². The number of hydrogen-bond acceptors (Lipinski definition) is 3. The van der Waals surface area contributed by atoms with Gasteiger partial charge in [-0.1, -0.05) is 194 Å². The molecule has 9 aromatic rings. The average molecular weight is 848 g/mol. The maximum absolute atomic E-state index is 6.73. The Bertz CT molecular complexity index is 3430. The minimum absolute atomic E-state index is 0.366. The molecule has 2 heterocycles. The van der Waals surface area contributed by atoms with Gasteiger partial charge in [0, 0.05) is 37.9 Å². The highest BCUT2D eigenvalue weighted by molar-refractivity contribution is 8.03. The third-order valence-electron chi connectivity index (χ3n) is 14.7. The summed E-state index contributed by atoms with van der Waals surface area (Å²) in [6, 6.07) is 80.9. The molecule has 9 aromatic carbocycles. The summed E-state index contributed by atoms with van der Waals surface area (Å²) < 4.78 is 6.73. The first-order chi connectivity index (χ1) is 32.2. The van der Waals surface area contributed by atoms with Crippen molar-refractivity contribution in [3.8, 4) is 44.9 Å². The van der Waals surface area contributed by atoms with Crippen LogP contribution in [0.4, 0.5) is 11.4 Å². The van der Waals surface area contributed by atoms with E-state index in [1.54, 1.807) is 0 Å². The fraction of sp³-hybridized carbons (Fsp3) is 0.0645. The second-order valence-electron chi connectivity index (χ2n) is 17.8. The van der Waals surface area contributed by atoms with Crippen molar-refractivity contribution in [3.05, 3.63) is 280 Å². The number of rotatable bonds is 4. The first-order valence-corrected chi connectivity index (χ1v) is 23.5. The van der Waals surface area contributed by atoms with Crippen molar-refractivity contribution in [3.63, 3.8) is 0 Å². The number of para-hydroxylation sites is 3. The zero-order valence-corrected chi connectivity index (χ0v) is 36.4. The molecule has 3 aliphatic carbocycles. The summed E-state index contributed by atoms with van der Waals surface area (Å²) in [6.45, 7) is 0. The highest BCUT2D eigenvalue weighted by Gasteiger charge is 2.53. The molecule has 5 aliphatic rings. The van der Waals surface area contributed by atoms with Gasteiger partial charge in [-0.2, -0.15) is 0 Å². The summed E-state index contributed by atoms with van der Waals surface area (Å²) in [4.78, 5) is 5.25. The van der Waals surface area contributed by atoms with Gasteiger partial charge >= 0.3 is 0 Å². The van der Waals surface area contributed by atoms with Crippen molar-refractivity contribution in [2.24, 2.45) is 0 Å². The molecule has 0 N–H and O–H groups in total. The number of hydrogen-bond donors (Lipinski definition) is 0.